The molecule has 49 heavy (non-hydrogen) atoms. The van der Waals surface area contributed by atoms with Gasteiger partial charge in [0.25, 0.3) is 0 Å². The van der Waals surface area contributed by atoms with Gasteiger partial charge in [-0.2, -0.15) is 0 Å². The Morgan fingerprint density at radius 3 is 2.08 bits per heavy atom. The number of aromatic hydroxyl groups is 1. The maximum Gasteiger partial charge on any atom is 0.338 e. The van der Waals surface area contributed by atoms with Crippen molar-refractivity contribution in [2.45, 2.75) is 71.6 Å². The molecule has 9 unspecified atom stereocenters. The summed E-state index contributed by atoms with van der Waals surface area (Å²) in [5.41, 5.74) is 0.676. The van der Waals surface area contributed by atoms with Crippen molar-refractivity contribution in [3.8, 4) is 5.75 Å². The van der Waals surface area contributed by atoms with E-state index < -0.39 is 11.9 Å². The van der Waals surface area contributed by atoms with Crippen LogP contribution in [-0.4, -0.2) is 55.4 Å². The molecule has 0 spiro atoms. The van der Waals surface area contributed by atoms with Crippen molar-refractivity contribution in [2.24, 2.45) is 65.1 Å². The SMILES string of the molecule is C=CC(=O)OCC1CC2C3CC(CC3COC(=O)c3cc(O)cc(C(=O)OCC4CC(C5CCCC5COC(=O)C(=C)C)[C@@H](C)C4)c3)[C@H]2C1. The molecule has 0 saturated heterocycles. The first-order valence-corrected chi connectivity index (χ1v) is 18.3. The predicted molar refractivity (Wildman–Crippen MR) is 181 cm³/mol. The summed E-state index contributed by atoms with van der Waals surface area (Å²) in [5, 5.41) is 10.4. The molecular weight excluding hydrogens is 624 g/mol. The second-order valence-corrected chi connectivity index (χ2v) is 15.8. The highest BCUT2D eigenvalue weighted by atomic mass is 16.5. The van der Waals surface area contributed by atoms with Crippen molar-refractivity contribution in [2.75, 3.05) is 26.4 Å². The van der Waals surface area contributed by atoms with Gasteiger partial charge < -0.3 is 24.1 Å². The normalized spacial score (nSPS) is 34.3. The Balaban J connectivity index is 0.970. The smallest absolute Gasteiger partial charge is 0.338 e. The van der Waals surface area contributed by atoms with Crippen LogP contribution in [0.25, 0.3) is 0 Å². The third-order valence-electron chi connectivity index (χ3n) is 12.7. The number of carbonyl (C=O) groups is 4. The quantitative estimate of drug-likeness (QED) is 0.134. The molecule has 6 rings (SSSR count). The number of rotatable bonds is 13. The average Bonchev–Trinajstić information content (AvgIpc) is 3.91. The Kier molecular flexibility index (Phi) is 10.8. The van der Waals surface area contributed by atoms with E-state index in [4.69, 9.17) is 18.9 Å². The van der Waals surface area contributed by atoms with Crippen LogP contribution < -0.4 is 0 Å². The molecule has 9 nitrogen and oxygen atoms in total. The Morgan fingerprint density at radius 2 is 1.37 bits per heavy atom. The van der Waals surface area contributed by atoms with Crippen LogP contribution in [0, 0.1) is 65.1 Å². The third kappa shape index (κ3) is 7.91. The maximum atomic E-state index is 13.1. The number of fused-ring (bicyclic) bond motifs is 5. The van der Waals surface area contributed by atoms with Crippen molar-refractivity contribution in [1.82, 2.24) is 0 Å². The fourth-order valence-corrected chi connectivity index (χ4v) is 10.6. The van der Waals surface area contributed by atoms with Crippen molar-refractivity contribution >= 4 is 23.9 Å². The Labute approximate surface area is 289 Å². The summed E-state index contributed by atoms with van der Waals surface area (Å²) < 4.78 is 22.3. The van der Waals surface area contributed by atoms with Gasteiger partial charge in [0, 0.05) is 11.6 Å². The minimum atomic E-state index is -0.569. The number of hydrogen-bond donors (Lipinski definition) is 1. The molecule has 1 aromatic carbocycles. The van der Waals surface area contributed by atoms with E-state index in [-0.39, 0.29) is 47.3 Å². The van der Waals surface area contributed by atoms with E-state index >= 15 is 0 Å². The molecule has 1 N–H and O–H groups in total. The summed E-state index contributed by atoms with van der Waals surface area (Å²) >= 11 is 0. The van der Waals surface area contributed by atoms with Crippen molar-refractivity contribution in [1.29, 1.82) is 0 Å². The molecule has 9 heteroatoms. The summed E-state index contributed by atoms with van der Waals surface area (Å²) in [5.74, 6) is 2.99. The van der Waals surface area contributed by atoms with Gasteiger partial charge in [-0.15, -0.1) is 0 Å². The van der Waals surface area contributed by atoms with Crippen LogP contribution in [0.4, 0.5) is 0 Å². The minimum absolute atomic E-state index is 0.127. The number of hydrogen-bond acceptors (Lipinski definition) is 9. The Hall–Kier alpha value is -3.62. The molecule has 266 valence electrons. The van der Waals surface area contributed by atoms with Gasteiger partial charge in [0.2, 0.25) is 0 Å². The molecule has 5 aliphatic carbocycles. The van der Waals surface area contributed by atoms with Crippen LogP contribution in [0.5, 0.6) is 5.75 Å². The van der Waals surface area contributed by atoms with E-state index in [1.54, 1.807) is 6.92 Å². The van der Waals surface area contributed by atoms with E-state index in [0.29, 0.717) is 78.7 Å². The van der Waals surface area contributed by atoms with E-state index in [9.17, 15) is 24.3 Å². The molecule has 5 aliphatic rings. The second kappa shape index (κ2) is 15.1. The molecule has 0 aliphatic heterocycles. The van der Waals surface area contributed by atoms with E-state index in [1.807, 2.05) is 0 Å². The fraction of sp³-hybridized carbons (Fsp3) is 0.650. The number of carbonyl (C=O) groups excluding carboxylic acids is 4. The van der Waals surface area contributed by atoms with Crippen LogP contribution in [0.15, 0.2) is 43.0 Å². The summed E-state index contributed by atoms with van der Waals surface area (Å²) in [4.78, 5) is 49.7. The lowest BCUT2D eigenvalue weighted by Crippen LogP contribution is -2.28. The fourth-order valence-electron chi connectivity index (χ4n) is 10.6. The van der Waals surface area contributed by atoms with Gasteiger partial charge in [0.05, 0.1) is 37.6 Å². The van der Waals surface area contributed by atoms with Crippen molar-refractivity contribution in [3.05, 3.63) is 54.1 Å². The topological polar surface area (TPSA) is 125 Å². The molecule has 11 atom stereocenters. The number of phenolic OH excluding ortho intramolecular Hbond substituents is 1. The predicted octanol–water partition coefficient (Wildman–Crippen LogP) is 6.93. The van der Waals surface area contributed by atoms with Crippen LogP contribution in [0.3, 0.4) is 0 Å². The average molecular weight is 677 g/mol. The number of benzene rings is 1. The lowest BCUT2D eigenvalue weighted by atomic mass is 9.76. The molecule has 0 heterocycles. The summed E-state index contributed by atoms with van der Waals surface area (Å²) in [6.45, 7) is 12.5. The third-order valence-corrected chi connectivity index (χ3v) is 12.7. The van der Waals surface area contributed by atoms with Crippen LogP contribution in [-0.2, 0) is 28.5 Å². The van der Waals surface area contributed by atoms with Gasteiger partial charge in [0.1, 0.15) is 5.75 Å². The number of esters is 4. The van der Waals surface area contributed by atoms with E-state index in [1.165, 1.54) is 24.3 Å². The van der Waals surface area contributed by atoms with Gasteiger partial charge in [-0.3, -0.25) is 0 Å². The molecule has 5 fully saturated rings. The Morgan fingerprint density at radius 1 is 0.735 bits per heavy atom. The molecule has 0 radical (unpaired) electrons. The van der Waals surface area contributed by atoms with Crippen molar-refractivity contribution < 1.29 is 43.2 Å². The van der Waals surface area contributed by atoms with Crippen LogP contribution in [0.1, 0.15) is 92.4 Å². The lowest BCUT2D eigenvalue weighted by molar-refractivity contribution is -0.141. The minimum Gasteiger partial charge on any atom is -0.508 e. The van der Waals surface area contributed by atoms with Gasteiger partial charge in [-0.25, -0.2) is 19.2 Å². The van der Waals surface area contributed by atoms with E-state index in [2.05, 4.69) is 20.1 Å². The monoisotopic (exact) mass is 676 g/mol. The van der Waals surface area contributed by atoms with Gasteiger partial charge >= 0.3 is 23.9 Å². The number of phenols is 1. The highest BCUT2D eigenvalue weighted by Crippen LogP contribution is 2.62. The zero-order valence-electron chi connectivity index (χ0n) is 29.0. The van der Waals surface area contributed by atoms with Gasteiger partial charge in [-0.1, -0.05) is 26.5 Å². The van der Waals surface area contributed by atoms with E-state index in [0.717, 1.165) is 57.8 Å². The second-order valence-electron chi connectivity index (χ2n) is 15.8. The standard InChI is InChI=1S/C40H52O9/c1-5-37(42)46-18-25-11-34-27-13-30(35(17-27)36(34)12-25)21-49-40(45)29-14-28(15-31(41)16-29)39(44)47-19-24-9-23(4)33(10-24)32-8-6-7-26(32)20-48-38(43)22(2)3/h5,14-16,23-27,30,32-36,41H,1-2,6-13,17-21H2,3-4H3/t23-,24?,25?,26?,27?,30?,32?,33?,34+,35?,36?/m0/s1. The highest BCUT2D eigenvalue weighted by Gasteiger charge is 2.56. The molecule has 0 aromatic heterocycles. The number of ether oxygens (including phenoxy) is 4. The molecule has 5 saturated carbocycles. The summed E-state index contributed by atoms with van der Waals surface area (Å²) in [6.07, 6.45) is 10.7. The first-order valence-electron chi connectivity index (χ1n) is 18.3. The zero-order valence-corrected chi connectivity index (χ0v) is 29.0. The van der Waals surface area contributed by atoms with Gasteiger partial charge in [-0.05, 0) is 142 Å². The largest absolute Gasteiger partial charge is 0.508 e. The molecular formula is C40H52O9. The molecule has 1 aromatic rings. The lowest BCUT2D eigenvalue weighted by Gasteiger charge is -2.31. The maximum absolute atomic E-state index is 13.1. The van der Waals surface area contributed by atoms with Crippen LogP contribution >= 0.6 is 0 Å². The molecule has 0 amide bonds. The summed E-state index contributed by atoms with van der Waals surface area (Å²) in [7, 11) is 0. The van der Waals surface area contributed by atoms with Crippen LogP contribution in [0.2, 0.25) is 0 Å². The first-order chi connectivity index (χ1) is 23.5. The highest BCUT2D eigenvalue weighted by molar-refractivity contribution is 5.96. The molecule has 2 bridgehead atoms. The zero-order chi connectivity index (χ0) is 34.8. The van der Waals surface area contributed by atoms with Gasteiger partial charge in [0.15, 0.2) is 0 Å². The Bertz CT molecular complexity index is 1450. The van der Waals surface area contributed by atoms with Crippen molar-refractivity contribution in [3.63, 3.8) is 0 Å². The summed E-state index contributed by atoms with van der Waals surface area (Å²) in [6, 6.07) is 4.10. The first kappa shape index (κ1) is 35.2.